The number of methoxy groups -OCH3 is 1. The second kappa shape index (κ2) is 5.05. The number of hydrogen-bond acceptors (Lipinski definition) is 4. The summed E-state index contributed by atoms with van der Waals surface area (Å²) in [5.41, 5.74) is -0.178. The molecular weight excluding hydrogens is 200 g/mol. The molecule has 0 bridgehead atoms. The fourth-order valence-corrected chi connectivity index (χ4v) is 1.70. The van der Waals surface area contributed by atoms with Crippen molar-refractivity contribution in [1.29, 1.82) is 0 Å². The van der Waals surface area contributed by atoms with Crippen LogP contribution in [0.5, 0.6) is 5.88 Å². The molecule has 1 aromatic heterocycles. The molecule has 0 spiro atoms. The molecule has 0 aliphatic carbocycles. The second-order valence-electron chi connectivity index (χ2n) is 2.93. The highest BCUT2D eigenvalue weighted by Gasteiger charge is 2.05. The molecule has 4 nitrogen and oxygen atoms in total. The van der Waals surface area contributed by atoms with Crippen molar-refractivity contribution < 1.29 is 4.74 Å². The Kier molecular flexibility index (Phi) is 4.00. The average Bonchev–Trinajstić information content (AvgIpc) is 2.16. The lowest BCUT2D eigenvalue weighted by Crippen LogP contribution is -2.09. The second-order valence-corrected chi connectivity index (χ2v) is 4.36. The first-order valence-corrected chi connectivity index (χ1v) is 5.35. The highest BCUT2D eigenvalue weighted by atomic mass is 32.2. The molecule has 0 aliphatic rings. The Morgan fingerprint density at radius 1 is 1.71 bits per heavy atom. The molecule has 14 heavy (non-hydrogen) atoms. The zero-order chi connectivity index (χ0) is 10.6. The third-order valence-electron chi connectivity index (χ3n) is 1.79. The Balaban J connectivity index is 2.86. The quantitative estimate of drug-likeness (QED) is 0.612. The van der Waals surface area contributed by atoms with Gasteiger partial charge in [-0.3, -0.25) is 4.79 Å². The van der Waals surface area contributed by atoms with Crippen LogP contribution in [-0.2, 0) is 0 Å². The molecule has 1 aromatic rings. The highest BCUT2D eigenvalue weighted by Crippen LogP contribution is 2.21. The topological polar surface area (TPSA) is 55.0 Å². The van der Waals surface area contributed by atoms with Crippen molar-refractivity contribution in [2.75, 3.05) is 7.11 Å². The minimum atomic E-state index is -0.178. The Hall–Kier alpha value is -0.970. The van der Waals surface area contributed by atoms with Gasteiger partial charge < -0.3 is 9.72 Å². The number of aromatic nitrogens is 2. The standard InChI is InChI=1S/C9H14N2O2S/c1-4-6(2)14-9-10-7(12)5-8(11-9)13-3/h5-6H,4H2,1-3H3,(H,10,11,12)/t6-/m1/s1. The molecule has 78 valence electrons. The zero-order valence-electron chi connectivity index (χ0n) is 8.53. The van der Waals surface area contributed by atoms with Crippen LogP contribution in [0.15, 0.2) is 16.0 Å². The molecule has 1 heterocycles. The number of hydrogen-bond donors (Lipinski definition) is 1. The maximum absolute atomic E-state index is 11.2. The molecule has 0 aliphatic heterocycles. The lowest BCUT2D eigenvalue weighted by atomic mass is 10.4. The van der Waals surface area contributed by atoms with Gasteiger partial charge in [-0.1, -0.05) is 25.6 Å². The largest absolute Gasteiger partial charge is 0.481 e. The number of rotatable bonds is 4. The molecule has 5 heteroatoms. The number of H-pyrrole nitrogens is 1. The number of nitrogens with one attached hydrogen (secondary N) is 1. The monoisotopic (exact) mass is 214 g/mol. The number of ether oxygens (including phenoxy) is 1. The summed E-state index contributed by atoms with van der Waals surface area (Å²) in [7, 11) is 1.50. The molecule has 0 unspecified atom stereocenters. The van der Waals surface area contributed by atoms with Crippen molar-refractivity contribution in [2.45, 2.75) is 30.7 Å². The average molecular weight is 214 g/mol. The first-order valence-electron chi connectivity index (χ1n) is 4.47. The van der Waals surface area contributed by atoms with Gasteiger partial charge in [-0.2, -0.15) is 4.98 Å². The third kappa shape index (κ3) is 3.06. The van der Waals surface area contributed by atoms with E-state index in [9.17, 15) is 4.79 Å². The van der Waals surface area contributed by atoms with E-state index in [1.165, 1.54) is 13.2 Å². The van der Waals surface area contributed by atoms with Crippen LogP contribution in [0.4, 0.5) is 0 Å². The summed E-state index contributed by atoms with van der Waals surface area (Å²) in [6, 6.07) is 1.33. The molecule has 0 saturated carbocycles. The van der Waals surface area contributed by atoms with Crippen LogP contribution in [0.25, 0.3) is 0 Å². The van der Waals surface area contributed by atoms with E-state index in [2.05, 4.69) is 23.8 Å². The van der Waals surface area contributed by atoms with Crippen LogP contribution < -0.4 is 10.3 Å². The molecular formula is C9H14N2O2S. The summed E-state index contributed by atoms with van der Waals surface area (Å²) in [4.78, 5) is 17.9. The summed E-state index contributed by atoms with van der Waals surface area (Å²) < 4.78 is 4.91. The number of thioether (sulfide) groups is 1. The maximum Gasteiger partial charge on any atom is 0.255 e. The minimum Gasteiger partial charge on any atom is -0.481 e. The predicted octanol–water partition coefficient (Wildman–Crippen LogP) is 1.67. The molecule has 0 saturated heterocycles. The number of aromatic amines is 1. The van der Waals surface area contributed by atoms with Crippen LogP contribution >= 0.6 is 11.8 Å². The van der Waals surface area contributed by atoms with Crippen LogP contribution in [0.3, 0.4) is 0 Å². The summed E-state index contributed by atoms with van der Waals surface area (Å²) in [6.45, 7) is 4.18. The Labute approximate surface area is 87.1 Å². The molecule has 0 amide bonds. The van der Waals surface area contributed by atoms with E-state index < -0.39 is 0 Å². The van der Waals surface area contributed by atoms with E-state index >= 15 is 0 Å². The van der Waals surface area contributed by atoms with E-state index in [4.69, 9.17) is 4.74 Å². The van der Waals surface area contributed by atoms with Crippen molar-refractivity contribution in [3.63, 3.8) is 0 Å². The van der Waals surface area contributed by atoms with Gasteiger partial charge in [0.2, 0.25) is 5.88 Å². The van der Waals surface area contributed by atoms with E-state index in [0.717, 1.165) is 6.42 Å². The summed E-state index contributed by atoms with van der Waals surface area (Å²) >= 11 is 1.54. The maximum atomic E-state index is 11.2. The zero-order valence-corrected chi connectivity index (χ0v) is 9.35. The molecule has 0 radical (unpaired) electrons. The lowest BCUT2D eigenvalue weighted by Gasteiger charge is -2.07. The molecule has 0 fully saturated rings. The van der Waals surface area contributed by atoms with E-state index in [1.54, 1.807) is 11.8 Å². The van der Waals surface area contributed by atoms with Crippen molar-refractivity contribution in [2.24, 2.45) is 0 Å². The molecule has 1 atom stereocenters. The van der Waals surface area contributed by atoms with Crippen molar-refractivity contribution >= 4 is 11.8 Å². The van der Waals surface area contributed by atoms with Crippen LogP contribution in [0.1, 0.15) is 20.3 Å². The van der Waals surface area contributed by atoms with Gasteiger partial charge in [-0.25, -0.2) is 0 Å². The first-order chi connectivity index (χ1) is 6.65. The molecule has 1 N–H and O–H groups in total. The Morgan fingerprint density at radius 3 is 3.00 bits per heavy atom. The summed E-state index contributed by atoms with van der Waals surface area (Å²) in [5.74, 6) is 0.361. The Morgan fingerprint density at radius 2 is 2.43 bits per heavy atom. The SMILES string of the molecule is CC[C@@H](C)Sc1nc(OC)cc(=O)[nH]1. The third-order valence-corrected chi connectivity index (χ3v) is 2.95. The van der Waals surface area contributed by atoms with E-state index in [1.807, 2.05) is 0 Å². The summed E-state index contributed by atoms with van der Waals surface area (Å²) in [5, 5.41) is 1.05. The first kappa shape index (κ1) is 11.1. The molecule has 0 aromatic carbocycles. The van der Waals surface area contributed by atoms with Gasteiger partial charge in [0.25, 0.3) is 5.56 Å². The van der Waals surface area contributed by atoms with Gasteiger partial charge in [-0.05, 0) is 6.42 Å². The highest BCUT2D eigenvalue weighted by molar-refractivity contribution is 7.99. The van der Waals surface area contributed by atoms with Crippen LogP contribution in [0.2, 0.25) is 0 Å². The predicted molar refractivity (Wildman–Crippen MR) is 57.0 cm³/mol. The van der Waals surface area contributed by atoms with Gasteiger partial charge in [0, 0.05) is 5.25 Å². The fourth-order valence-electron chi connectivity index (χ4n) is 0.848. The van der Waals surface area contributed by atoms with Gasteiger partial charge in [0.05, 0.1) is 13.2 Å². The van der Waals surface area contributed by atoms with Crippen molar-refractivity contribution in [3.05, 3.63) is 16.4 Å². The van der Waals surface area contributed by atoms with Gasteiger partial charge in [-0.15, -0.1) is 0 Å². The number of nitrogens with zero attached hydrogens (tertiary/aromatic N) is 1. The van der Waals surface area contributed by atoms with Crippen molar-refractivity contribution in [1.82, 2.24) is 9.97 Å². The molecule has 1 rings (SSSR count). The van der Waals surface area contributed by atoms with Crippen LogP contribution in [-0.4, -0.2) is 22.3 Å². The van der Waals surface area contributed by atoms with Gasteiger partial charge in [0.1, 0.15) is 0 Å². The van der Waals surface area contributed by atoms with Gasteiger partial charge >= 0.3 is 0 Å². The van der Waals surface area contributed by atoms with Crippen molar-refractivity contribution in [3.8, 4) is 5.88 Å². The minimum absolute atomic E-state index is 0.178. The van der Waals surface area contributed by atoms with Crippen LogP contribution in [0, 0.1) is 0 Å². The summed E-state index contributed by atoms with van der Waals surface area (Å²) in [6.07, 6.45) is 1.03. The Bertz CT molecular complexity index is 351. The van der Waals surface area contributed by atoms with E-state index in [-0.39, 0.29) is 5.56 Å². The van der Waals surface area contributed by atoms with Gasteiger partial charge in [0.15, 0.2) is 5.16 Å². The lowest BCUT2D eigenvalue weighted by molar-refractivity contribution is 0.391. The normalized spacial score (nSPS) is 12.5. The van der Waals surface area contributed by atoms with E-state index in [0.29, 0.717) is 16.3 Å². The fraction of sp³-hybridized carbons (Fsp3) is 0.556. The smallest absolute Gasteiger partial charge is 0.255 e.